The first kappa shape index (κ1) is 16.9. The van der Waals surface area contributed by atoms with Crippen LogP contribution in [0.2, 0.25) is 0 Å². The lowest BCUT2D eigenvalue weighted by atomic mass is 9.95. The summed E-state index contributed by atoms with van der Waals surface area (Å²) in [6.45, 7) is 5.48. The minimum atomic E-state index is -0.436. The summed E-state index contributed by atoms with van der Waals surface area (Å²) in [5.41, 5.74) is 3.18. The zero-order valence-corrected chi connectivity index (χ0v) is 15.0. The zero-order valence-electron chi connectivity index (χ0n) is 15.0. The van der Waals surface area contributed by atoms with Crippen LogP contribution in [0.5, 0.6) is 0 Å². The Morgan fingerprint density at radius 1 is 1.28 bits per heavy atom. The Balaban J connectivity index is 2.07. The number of esters is 1. The van der Waals surface area contributed by atoms with Crippen LogP contribution in [0.15, 0.2) is 35.5 Å². The molecule has 0 radical (unpaired) electrons. The van der Waals surface area contributed by atoms with E-state index in [0.717, 1.165) is 11.3 Å². The van der Waals surface area contributed by atoms with E-state index < -0.39 is 6.04 Å². The Morgan fingerprint density at radius 2 is 1.96 bits per heavy atom. The third-order valence-corrected chi connectivity index (χ3v) is 4.00. The molecule has 132 valence electrons. The molecule has 0 amide bonds. The Morgan fingerprint density at radius 3 is 2.56 bits per heavy atom. The summed E-state index contributed by atoms with van der Waals surface area (Å²) in [5, 5.41) is 14.8. The smallest absolute Gasteiger partial charge is 0.338 e. The third kappa shape index (κ3) is 3.19. The Bertz CT molecular complexity index is 807. The van der Waals surface area contributed by atoms with Crippen LogP contribution in [0.25, 0.3) is 0 Å². The minimum Gasteiger partial charge on any atom is -0.459 e. The van der Waals surface area contributed by atoms with Crippen molar-refractivity contribution in [3.8, 4) is 0 Å². The SMILES string of the molecule is CC1=C(C(=O)OC(C)C)C(c2ccc(N(C)C)cc2)n2nnnc2N1. The molecular weight excluding hydrogens is 320 g/mol. The van der Waals surface area contributed by atoms with E-state index in [9.17, 15) is 4.79 Å². The van der Waals surface area contributed by atoms with Crippen molar-refractivity contribution in [2.24, 2.45) is 0 Å². The number of carbonyl (C=O) groups excluding carboxylic acids is 1. The number of hydrogen-bond donors (Lipinski definition) is 1. The van der Waals surface area contributed by atoms with Crippen LogP contribution in [-0.4, -0.2) is 46.4 Å². The van der Waals surface area contributed by atoms with Gasteiger partial charge in [-0.15, -0.1) is 0 Å². The van der Waals surface area contributed by atoms with E-state index in [1.54, 1.807) is 4.68 Å². The topological polar surface area (TPSA) is 85.2 Å². The molecule has 8 heteroatoms. The van der Waals surface area contributed by atoms with E-state index in [-0.39, 0.29) is 12.1 Å². The normalized spacial score (nSPS) is 16.5. The average Bonchev–Trinajstić information content (AvgIpc) is 3.00. The molecule has 0 saturated carbocycles. The lowest BCUT2D eigenvalue weighted by Crippen LogP contribution is -2.30. The predicted octanol–water partition coefficient (Wildman–Crippen LogP) is 1.98. The second kappa shape index (κ2) is 6.54. The number of rotatable bonds is 4. The molecule has 1 aromatic carbocycles. The summed E-state index contributed by atoms with van der Waals surface area (Å²) in [6.07, 6.45) is -0.208. The Hall–Kier alpha value is -2.90. The number of fused-ring (bicyclic) bond motifs is 1. The van der Waals surface area contributed by atoms with Gasteiger partial charge in [0.2, 0.25) is 5.95 Å². The first-order valence-corrected chi connectivity index (χ1v) is 8.12. The van der Waals surface area contributed by atoms with E-state index in [2.05, 4.69) is 20.8 Å². The number of allylic oxidation sites excluding steroid dienone is 1. The van der Waals surface area contributed by atoms with Gasteiger partial charge in [-0.1, -0.05) is 17.2 Å². The van der Waals surface area contributed by atoms with Gasteiger partial charge in [-0.25, -0.2) is 4.79 Å². The number of hydrogen-bond acceptors (Lipinski definition) is 7. The standard InChI is InChI=1S/C17H22N6O2/c1-10(2)25-16(24)14-11(3)18-17-19-20-21-23(17)15(14)12-6-8-13(9-7-12)22(4)5/h6-10,15H,1-5H3,(H,18,19,21). The highest BCUT2D eigenvalue weighted by atomic mass is 16.5. The number of tetrazole rings is 1. The van der Waals surface area contributed by atoms with Gasteiger partial charge in [0.25, 0.3) is 0 Å². The molecule has 1 unspecified atom stereocenters. The molecule has 3 rings (SSSR count). The molecular formula is C17H22N6O2. The molecule has 0 bridgehead atoms. The van der Waals surface area contributed by atoms with Gasteiger partial charge >= 0.3 is 5.97 Å². The van der Waals surface area contributed by atoms with Crippen molar-refractivity contribution in [3.63, 3.8) is 0 Å². The second-order valence-corrected chi connectivity index (χ2v) is 6.45. The van der Waals surface area contributed by atoms with Gasteiger partial charge in [0.15, 0.2) is 0 Å². The first-order valence-electron chi connectivity index (χ1n) is 8.12. The summed E-state index contributed by atoms with van der Waals surface area (Å²) >= 11 is 0. The van der Waals surface area contributed by atoms with E-state index in [0.29, 0.717) is 17.2 Å². The van der Waals surface area contributed by atoms with Crippen LogP contribution in [0.1, 0.15) is 32.4 Å². The van der Waals surface area contributed by atoms with Gasteiger partial charge in [-0.3, -0.25) is 0 Å². The molecule has 0 fully saturated rings. The number of nitrogens with zero attached hydrogens (tertiary/aromatic N) is 5. The van der Waals surface area contributed by atoms with Crippen molar-refractivity contribution >= 4 is 17.6 Å². The molecule has 25 heavy (non-hydrogen) atoms. The largest absolute Gasteiger partial charge is 0.459 e. The molecule has 1 aromatic heterocycles. The number of benzene rings is 1. The molecule has 1 aliphatic rings. The summed E-state index contributed by atoms with van der Waals surface area (Å²) in [5.74, 6) is 0.128. The van der Waals surface area contributed by atoms with Crippen LogP contribution in [0.3, 0.4) is 0 Å². The highest BCUT2D eigenvalue weighted by Gasteiger charge is 2.35. The summed E-state index contributed by atoms with van der Waals surface area (Å²) < 4.78 is 7.04. The van der Waals surface area contributed by atoms with Crippen LogP contribution < -0.4 is 10.2 Å². The molecule has 0 saturated heterocycles. The Labute approximate surface area is 146 Å². The maximum atomic E-state index is 12.7. The first-order chi connectivity index (χ1) is 11.9. The fourth-order valence-electron chi connectivity index (χ4n) is 2.82. The highest BCUT2D eigenvalue weighted by molar-refractivity contribution is 5.92. The summed E-state index contributed by atoms with van der Waals surface area (Å²) in [4.78, 5) is 14.7. The predicted molar refractivity (Wildman–Crippen MR) is 94.3 cm³/mol. The molecule has 8 nitrogen and oxygen atoms in total. The van der Waals surface area contributed by atoms with Gasteiger partial charge in [0, 0.05) is 25.5 Å². The minimum absolute atomic E-state index is 0.208. The molecule has 1 N–H and O–H groups in total. The summed E-state index contributed by atoms with van der Waals surface area (Å²) in [6, 6.07) is 7.53. The molecule has 0 spiro atoms. The van der Waals surface area contributed by atoms with E-state index in [1.807, 2.05) is 64.0 Å². The lowest BCUT2D eigenvalue weighted by Gasteiger charge is -2.28. The van der Waals surface area contributed by atoms with Gasteiger partial charge in [-0.05, 0) is 48.9 Å². The van der Waals surface area contributed by atoms with Crippen molar-refractivity contribution in [2.45, 2.75) is 32.9 Å². The van der Waals surface area contributed by atoms with Crippen LogP contribution in [0, 0.1) is 0 Å². The fourth-order valence-corrected chi connectivity index (χ4v) is 2.82. The van der Waals surface area contributed by atoms with E-state index >= 15 is 0 Å². The molecule has 1 atom stereocenters. The van der Waals surface area contributed by atoms with Crippen molar-refractivity contribution in [1.29, 1.82) is 0 Å². The van der Waals surface area contributed by atoms with Gasteiger partial charge in [-0.2, -0.15) is 4.68 Å². The van der Waals surface area contributed by atoms with Gasteiger partial charge < -0.3 is 15.0 Å². The highest BCUT2D eigenvalue weighted by Crippen LogP contribution is 2.35. The van der Waals surface area contributed by atoms with Crippen LogP contribution >= 0.6 is 0 Å². The number of ether oxygens (including phenoxy) is 1. The maximum Gasteiger partial charge on any atom is 0.338 e. The number of carbonyl (C=O) groups is 1. The quantitative estimate of drug-likeness (QED) is 0.850. The maximum absolute atomic E-state index is 12.7. The van der Waals surface area contributed by atoms with Gasteiger partial charge in [0.1, 0.15) is 6.04 Å². The lowest BCUT2D eigenvalue weighted by molar-refractivity contribution is -0.143. The third-order valence-electron chi connectivity index (χ3n) is 4.00. The molecule has 0 aliphatic carbocycles. The zero-order chi connectivity index (χ0) is 18.1. The second-order valence-electron chi connectivity index (χ2n) is 6.45. The fraction of sp³-hybridized carbons (Fsp3) is 0.412. The van der Waals surface area contributed by atoms with Gasteiger partial charge in [0.05, 0.1) is 11.7 Å². The summed E-state index contributed by atoms with van der Waals surface area (Å²) in [7, 11) is 3.96. The molecule has 1 aliphatic heterocycles. The number of anilines is 2. The number of nitrogens with one attached hydrogen (secondary N) is 1. The average molecular weight is 342 g/mol. The van der Waals surface area contributed by atoms with Crippen LogP contribution in [-0.2, 0) is 9.53 Å². The van der Waals surface area contributed by atoms with Crippen molar-refractivity contribution in [3.05, 3.63) is 41.1 Å². The van der Waals surface area contributed by atoms with Crippen molar-refractivity contribution in [1.82, 2.24) is 20.2 Å². The van der Waals surface area contributed by atoms with Crippen LogP contribution in [0.4, 0.5) is 11.6 Å². The van der Waals surface area contributed by atoms with Crippen molar-refractivity contribution in [2.75, 3.05) is 24.3 Å². The van der Waals surface area contributed by atoms with E-state index in [1.165, 1.54) is 0 Å². The van der Waals surface area contributed by atoms with E-state index in [4.69, 9.17) is 4.74 Å². The monoisotopic (exact) mass is 342 g/mol. The molecule has 2 aromatic rings. The molecule has 2 heterocycles. The Kier molecular flexibility index (Phi) is 4.43. The van der Waals surface area contributed by atoms with Crippen molar-refractivity contribution < 1.29 is 9.53 Å². The number of aromatic nitrogens is 4.